The minimum absolute atomic E-state index is 0.119. The summed E-state index contributed by atoms with van der Waals surface area (Å²) < 4.78 is 10.6. The molecular weight excluding hydrogens is 524 g/mol. The van der Waals surface area contributed by atoms with Crippen LogP contribution in [-0.2, 0) is 9.47 Å². The third-order valence-electron chi connectivity index (χ3n) is 5.65. The fraction of sp³-hybridized carbons (Fsp3) is 0.433. The van der Waals surface area contributed by atoms with Crippen molar-refractivity contribution in [2.75, 3.05) is 13.1 Å². The van der Waals surface area contributed by atoms with E-state index in [1.165, 1.54) is 0 Å². The predicted octanol–water partition coefficient (Wildman–Crippen LogP) is 5.03. The van der Waals surface area contributed by atoms with E-state index in [2.05, 4.69) is 32.0 Å². The Morgan fingerprint density at radius 3 is 2.32 bits per heavy atom. The molecule has 41 heavy (non-hydrogen) atoms. The first-order valence-electron chi connectivity index (χ1n) is 13.5. The number of nitrogens with zero attached hydrogens (tertiary/aromatic N) is 2. The molecule has 0 aliphatic rings. The third-order valence-corrected chi connectivity index (χ3v) is 5.65. The van der Waals surface area contributed by atoms with Crippen LogP contribution in [-0.4, -0.2) is 58.4 Å². The number of carbonyl (C=O) groups is 3. The SMILES string of the molecule is CC(C)(C)OC(=O)NCCC[C@@H](CNC(=O)c1nc2ccc(-c3cccc(C#N)c3)cc2[nH]1)NC(=O)OC(C)(C)C. The maximum Gasteiger partial charge on any atom is 0.407 e. The van der Waals surface area contributed by atoms with Crippen LogP contribution in [0.2, 0.25) is 0 Å². The summed E-state index contributed by atoms with van der Waals surface area (Å²) in [6.07, 6.45) is -0.141. The minimum atomic E-state index is -0.681. The maximum absolute atomic E-state index is 13.0. The first kappa shape index (κ1) is 30.9. The van der Waals surface area contributed by atoms with E-state index in [1.54, 1.807) is 53.7 Å². The van der Waals surface area contributed by atoms with Crippen LogP contribution in [0.3, 0.4) is 0 Å². The summed E-state index contributed by atoms with van der Waals surface area (Å²) in [6, 6.07) is 14.5. The number of imidazole rings is 1. The molecule has 2 aromatic carbocycles. The second-order valence-electron chi connectivity index (χ2n) is 11.6. The van der Waals surface area contributed by atoms with Gasteiger partial charge in [0.1, 0.15) is 11.2 Å². The van der Waals surface area contributed by atoms with Crippen LogP contribution in [0.1, 0.15) is 70.6 Å². The molecule has 0 fully saturated rings. The zero-order chi connectivity index (χ0) is 30.2. The molecule has 11 heteroatoms. The molecular formula is C30H38N6O5. The standard InChI is InChI=1S/C30H38N6O5/c1-29(2,3)40-27(38)32-14-8-11-22(34-28(39)41-30(4,5)6)18-33-26(37)25-35-23-13-12-21(16-24(23)36-25)20-10-7-9-19(15-20)17-31/h7,9-10,12-13,15-16,22H,8,11,14,18H2,1-6H3,(H,32,38)(H,33,37)(H,34,39)(H,35,36)/t22-/m0/s1. The molecule has 0 bridgehead atoms. The number of fused-ring (bicyclic) bond motifs is 1. The Labute approximate surface area is 240 Å². The third kappa shape index (κ3) is 10.1. The van der Waals surface area contributed by atoms with Gasteiger partial charge in [-0.3, -0.25) is 4.79 Å². The van der Waals surface area contributed by atoms with Gasteiger partial charge in [-0.15, -0.1) is 0 Å². The fourth-order valence-corrected chi connectivity index (χ4v) is 3.92. The van der Waals surface area contributed by atoms with Gasteiger partial charge in [-0.1, -0.05) is 18.2 Å². The second kappa shape index (κ2) is 13.2. The van der Waals surface area contributed by atoms with Crippen LogP contribution in [0.25, 0.3) is 22.2 Å². The predicted molar refractivity (Wildman–Crippen MR) is 155 cm³/mol. The summed E-state index contributed by atoms with van der Waals surface area (Å²) in [5.41, 5.74) is 2.33. The number of hydrogen-bond acceptors (Lipinski definition) is 7. The highest BCUT2D eigenvalue weighted by atomic mass is 16.6. The van der Waals surface area contributed by atoms with E-state index in [4.69, 9.17) is 9.47 Å². The number of H-pyrrole nitrogens is 1. The highest BCUT2D eigenvalue weighted by Gasteiger charge is 2.21. The van der Waals surface area contributed by atoms with Crippen molar-refractivity contribution in [3.05, 3.63) is 53.9 Å². The maximum atomic E-state index is 13.0. The zero-order valence-electron chi connectivity index (χ0n) is 24.4. The van der Waals surface area contributed by atoms with Crippen molar-refractivity contribution in [2.24, 2.45) is 0 Å². The summed E-state index contributed by atoms with van der Waals surface area (Å²) >= 11 is 0. The van der Waals surface area contributed by atoms with Crippen LogP contribution < -0.4 is 16.0 Å². The molecule has 0 spiro atoms. The molecule has 11 nitrogen and oxygen atoms in total. The molecule has 3 rings (SSSR count). The Kier molecular flexibility index (Phi) is 9.94. The summed E-state index contributed by atoms with van der Waals surface area (Å²) in [4.78, 5) is 44.7. The van der Waals surface area contributed by atoms with Gasteiger partial charge in [-0.05, 0) is 89.8 Å². The number of carbonyl (C=O) groups excluding carboxylic acids is 3. The van der Waals surface area contributed by atoms with Crippen molar-refractivity contribution in [1.82, 2.24) is 25.9 Å². The molecule has 3 amide bonds. The van der Waals surface area contributed by atoms with Gasteiger partial charge in [0.25, 0.3) is 5.91 Å². The Morgan fingerprint density at radius 2 is 1.63 bits per heavy atom. The van der Waals surface area contributed by atoms with E-state index in [1.807, 2.05) is 30.3 Å². The van der Waals surface area contributed by atoms with Gasteiger partial charge >= 0.3 is 12.2 Å². The van der Waals surface area contributed by atoms with Crippen molar-refractivity contribution < 1.29 is 23.9 Å². The number of aromatic amines is 1. The molecule has 0 saturated heterocycles. The Balaban J connectivity index is 1.63. The van der Waals surface area contributed by atoms with E-state index in [0.29, 0.717) is 36.0 Å². The normalized spacial score (nSPS) is 12.2. The van der Waals surface area contributed by atoms with E-state index in [-0.39, 0.29) is 12.4 Å². The number of nitriles is 1. The van der Waals surface area contributed by atoms with Crippen molar-refractivity contribution in [2.45, 2.75) is 71.6 Å². The number of ether oxygens (including phenoxy) is 2. The zero-order valence-corrected chi connectivity index (χ0v) is 24.4. The number of aromatic nitrogens is 2. The quantitative estimate of drug-likeness (QED) is 0.266. The average Bonchev–Trinajstić information content (AvgIpc) is 3.31. The molecule has 0 radical (unpaired) electrons. The molecule has 0 unspecified atom stereocenters. The lowest BCUT2D eigenvalue weighted by molar-refractivity contribution is 0.0487. The largest absolute Gasteiger partial charge is 0.444 e. The smallest absolute Gasteiger partial charge is 0.407 e. The molecule has 1 atom stereocenters. The monoisotopic (exact) mass is 562 g/mol. The molecule has 0 saturated carbocycles. The van der Waals surface area contributed by atoms with Gasteiger partial charge in [-0.25, -0.2) is 14.6 Å². The number of benzene rings is 2. The van der Waals surface area contributed by atoms with Gasteiger partial charge in [0.15, 0.2) is 5.82 Å². The minimum Gasteiger partial charge on any atom is -0.444 e. The summed E-state index contributed by atoms with van der Waals surface area (Å²) in [6.45, 7) is 11.1. The average molecular weight is 563 g/mol. The van der Waals surface area contributed by atoms with Gasteiger partial charge < -0.3 is 30.4 Å². The molecule has 0 aliphatic carbocycles. The highest BCUT2D eigenvalue weighted by Crippen LogP contribution is 2.24. The Hall–Kier alpha value is -4.59. The molecule has 4 N–H and O–H groups in total. The molecule has 218 valence electrons. The van der Waals surface area contributed by atoms with Crippen molar-refractivity contribution >= 4 is 29.1 Å². The van der Waals surface area contributed by atoms with E-state index >= 15 is 0 Å². The van der Waals surface area contributed by atoms with Gasteiger partial charge in [-0.2, -0.15) is 5.26 Å². The molecule has 1 aromatic heterocycles. The van der Waals surface area contributed by atoms with E-state index in [0.717, 1.165) is 11.1 Å². The first-order chi connectivity index (χ1) is 19.2. The lowest BCUT2D eigenvalue weighted by atomic mass is 10.0. The van der Waals surface area contributed by atoms with Crippen molar-refractivity contribution in [1.29, 1.82) is 5.26 Å². The van der Waals surface area contributed by atoms with E-state index in [9.17, 15) is 19.6 Å². The van der Waals surface area contributed by atoms with Crippen LogP contribution in [0.4, 0.5) is 9.59 Å². The summed E-state index contributed by atoms with van der Waals surface area (Å²) in [5.74, 6) is -0.303. The Morgan fingerprint density at radius 1 is 0.951 bits per heavy atom. The number of hydrogen-bond donors (Lipinski definition) is 4. The number of alkyl carbamates (subject to hydrolysis) is 2. The molecule has 3 aromatic rings. The van der Waals surface area contributed by atoms with Crippen LogP contribution >= 0.6 is 0 Å². The van der Waals surface area contributed by atoms with Gasteiger partial charge in [0, 0.05) is 19.1 Å². The number of nitrogens with one attached hydrogen (secondary N) is 4. The molecule has 1 heterocycles. The summed E-state index contributed by atoms with van der Waals surface area (Å²) in [5, 5.41) is 17.5. The lowest BCUT2D eigenvalue weighted by Gasteiger charge is -2.24. The summed E-state index contributed by atoms with van der Waals surface area (Å²) in [7, 11) is 0. The van der Waals surface area contributed by atoms with Gasteiger partial charge in [0.05, 0.1) is 22.7 Å². The lowest BCUT2D eigenvalue weighted by Crippen LogP contribution is -2.46. The molecule has 0 aliphatic heterocycles. The van der Waals surface area contributed by atoms with E-state index < -0.39 is 35.3 Å². The number of rotatable bonds is 9. The second-order valence-corrected chi connectivity index (χ2v) is 11.6. The first-order valence-corrected chi connectivity index (χ1v) is 13.5. The number of amides is 3. The Bertz CT molecular complexity index is 1430. The van der Waals surface area contributed by atoms with Crippen LogP contribution in [0, 0.1) is 11.3 Å². The van der Waals surface area contributed by atoms with Crippen LogP contribution in [0.5, 0.6) is 0 Å². The highest BCUT2D eigenvalue weighted by molar-refractivity contribution is 5.95. The van der Waals surface area contributed by atoms with Crippen LogP contribution in [0.15, 0.2) is 42.5 Å². The fourth-order valence-electron chi connectivity index (χ4n) is 3.92. The van der Waals surface area contributed by atoms with Crippen molar-refractivity contribution in [3.63, 3.8) is 0 Å². The van der Waals surface area contributed by atoms with Gasteiger partial charge in [0.2, 0.25) is 0 Å². The van der Waals surface area contributed by atoms with Crippen molar-refractivity contribution in [3.8, 4) is 17.2 Å². The topological polar surface area (TPSA) is 158 Å².